The summed E-state index contributed by atoms with van der Waals surface area (Å²) in [6, 6.07) is 9.23. The Morgan fingerprint density at radius 1 is 1.17 bits per heavy atom. The maximum atomic E-state index is 11.9. The minimum absolute atomic E-state index is 0.0637. The molecule has 126 valence electrons. The number of methoxy groups -OCH3 is 1. The summed E-state index contributed by atoms with van der Waals surface area (Å²) in [5, 5.41) is 22.7. The number of aliphatic imine (C=N–C) groups is 1. The number of non-ortho nitro benzene ring substituents is 1. The number of hydrogen-bond donors (Lipinski definition) is 0. The number of nitrogens with zero attached hydrogens (tertiary/aromatic N) is 2. The lowest BCUT2D eigenvalue weighted by Crippen LogP contribution is -2.10. The molecule has 0 amide bonds. The molecule has 0 aromatic heterocycles. The summed E-state index contributed by atoms with van der Waals surface area (Å²) < 4.78 is 5.29. The van der Waals surface area contributed by atoms with Gasteiger partial charge in [0.15, 0.2) is 0 Å². The van der Waals surface area contributed by atoms with Crippen molar-refractivity contribution in [3.8, 4) is 11.5 Å². The highest BCUT2D eigenvalue weighted by Crippen LogP contribution is 2.33. The topological polar surface area (TPSA) is 87.8 Å². The maximum absolute atomic E-state index is 11.9. The summed E-state index contributed by atoms with van der Waals surface area (Å²) in [5.74, 6) is 0.243. The molecule has 2 rings (SSSR count). The Kier molecular flexibility index (Phi) is 4.87. The fourth-order valence-corrected chi connectivity index (χ4v) is 2.15. The van der Waals surface area contributed by atoms with Gasteiger partial charge in [0.05, 0.1) is 12.0 Å². The van der Waals surface area contributed by atoms with E-state index in [9.17, 15) is 15.2 Å². The van der Waals surface area contributed by atoms with Gasteiger partial charge in [-0.25, -0.2) is 0 Å². The highest BCUT2D eigenvalue weighted by Gasteiger charge is 2.15. The standard InChI is InChI=1S/C18H20N2O4/c1-18(2,3)13-5-8-17(24-4)15(10-13)19-11-12-9-14(20(22)23)6-7-16(12)21/h5-11,21H,1-4H3/p-1. The molecule has 24 heavy (non-hydrogen) atoms. The van der Waals surface area contributed by atoms with Crippen molar-refractivity contribution in [3.63, 3.8) is 0 Å². The van der Waals surface area contributed by atoms with E-state index in [1.165, 1.54) is 31.5 Å². The molecule has 0 unspecified atom stereocenters. The first-order valence-electron chi connectivity index (χ1n) is 7.40. The van der Waals surface area contributed by atoms with E-state index in [0.29, 0.717) is 11.4 Å². The largest absolute Gasteiger partial charge is 0.872 e. The first kappa shape index (κ1) is 17.5. The third-order valence-corrected chi connectivity index (χ3v) is 3.59. The summed E-state index contributed by atoms with van der Waals surface area (Å²) in [6.07, 6.45) is 1.33. The molecular formula is C18H19N2O4-. The predicted molar refractivity (Wildman–Crippen MR) is 91.5 cm³/mol. The molecule has 6 heteroatoms. The van der Waals surface area contributed by atoms with Crippen molar-refractivity contribution in [2.75, 3.05) is 7.11 Å². The van der Waals surface area contributed by atoms with Gasteiger partial charge in [-0.1, -0.05) is 38.7 Å². The number of nitro groups is 1. The second-order valence-corrected chi connectivity index (χ2v) is 6.37. The Balaban J connectivity index is 2.45. The number of ether oxygens (including phenoxy) is 1. The number of benzene rings is 2. The van der Waals surface area contributed by atoms with Crippen LogP contribution in [0.4, 0.5) is 11.4 Å². The van der Waals surface area contributed by atoms with Gasteiger partial charge in [0.2, 0.25) is 0 Å². The van der Waals surface area contributed by atoms with Crippen LogP contribution in [0.1, 0.15) is 31.9 Å². The first-order chi connectivity index (χ1) is 11.2. The molecule has 0 spiro atoms. The van der Waals surface area contributed by atoms with Gasteiger partial charge in [0.1, 0.15) is 11.4 Å². The van der Waals surface area contributed by atoms with E-state index in [2.05, 4.69) is 25.8 Å². The van der Waals surface area contributed by atoms with Crippen LogP contribution in [0.25, 0.3) is 0 Å². The lowest BCUT2D eigenvalue weighted by atomic mass is 9.87. The van der Waals surface area contributed by atoms with Crippen molar-refractivity contribution in [3.05, 3.63) is 57.6 Å². The Bertz CT molecular complexity index is 792. The summed E-state index contributed by atoms with van der Waals surface area (Å²) in [6.45, 7) is 6.25. The zero-order valence-corrected chi connectivity index (χ0v) is 14.1. The second kappa shape index (κ2) is 6.70. The average Bonchev–Trinajstić information content (AvgIpc) is 2.52. The van der Waals surface area contributed by atoms with Crippen LogP contribution in [0.5, 0.6) is 11.5 Å². The number of rotatable bonds is 4. The van der Waals surface area contributed by atoms with Crippen molar-refractivity contribution in [1.82, 2.24) is 0 Å². The summed E-state index contributed by atoms with van der Waals surface area (Å²) in [5.41, 5.74) is 1.58. The van der Waals surface area contributed by atoms with Crippen LogP contribution < -0.4 is 9.84 Å². The van der Waals surface area contributed by atoms with Crippen LogP contribution in [0.2, 0.25) is 0 Å². The quantitative estimate of drug-likeness (QED) is 0.486. The molecule has 0 aliphatic rings. The fourth-order valence-electron chi connectivity index (χ4n) is 2.15. The third kappa shape index (κ3) is 3.90. The van der Waals surface area contributed by atoms with E-state index in [0.717, 1.165) is 5.56 Å². The molecule has 0 fully saturated rings. The van der Waals surface area contributed by atoms with Crippen LogP contribution >= 0.6 is 0 Å². The summed E-state index contributed by atoms with van der Waals surface area (Å²) >= 11 is 0. The van der Waals surface area contributed by atoms with Crippen molar-refractivity contribution in [2.24, 2.45) is 4.99 Å². The molecule has 0 atom stereocenters. The lowest BCUT2D eigenvalue weighted by Gasteiger charge is -2.20. The van der Waals surface area contributed by atoms with Gasteiger partial charge >= 0.3 is 0 Å². The van der Waals surface area contributed by atoms with Gasteiger partial charge in [-0.15, -0.1) is 0 Å². The zero-order chi connectivity index (χ0) is 17.9. The van der Waals surface area contributed by atoms with Gasteiger partial charge < -0.3 is 9.84 Å². The van der Waals surface area contributed by atoms with E-state index in [-0.39, 0.29) is 22.4 Å². The molecular weight excluding hydrogens is 308 g/mol. The molecule has 0 bridgehead atoms. The van der Waals surface area contributed by atoms with E-state index >= 15 is 0 Å². The first-order valence-corrected chi connectivity index (χ1v) is 7.40. The molecule has 2 aromatic rings. The monoisotopic (exact) mass is 327 g/mol. The van der Waals surface area contributed by atoms with Gasteiger partial charge in [0.25, 0.3) is 5.69 Å². The van der Waals surface area contributed by atoms with Crippen molar-refractivity contribution < 1.29 is 14.8 Å². The van der Waals surface area contributed by atoms with Gasteiger partial charge in [-0.2, -0.15) is 0 Å². The average molecular weight is 327 g/mol. The Morgan fingerprint density at radius 3 is 2.46 bits per heavy atom. The zero-order valence-electron chi connectivity index (χ0n) is 14.1. The van der Waals surface area contributed by atoms with Crippen LogP contribution in [-0.2, 0) is 5.41 Å². The molecule has 0 saturated carbocycles. The molecule has 2 aromatic carbocycles. The SMILES string of the molecule is COc1ccc(C(C)(C)C)cc1N=Cc1cc([N+](=O)[O-])ccc1[O-]. The van der Waals surface area contributed by atoms with Crippen molar-refractivity contribution >= 4 is 17.6 Å². The molecule has 0 radical (unpaired) electrons. The molecule has 0 heterocycles. The molecule has 0 saturated heterocycles. The van der Waals surface area contributed by atoms with E-state index in [1.807, 2.05) is 18.2 Å². The summed E-state index contributed by atoms with van der Waals surface area (Å²) in [4.78, 5) is 14.6. The molecule has 0 aliphatic carbocycles. The predicted octanol–water partition coefficient (Wildman–Crippen LogP) is 3.73. The summed E-state index contributed by atoms with van der Waals surface area (Å²) in [7, 11) is 1.54. The van der Waals surface area contributed by atoms with Crippen LogP contribution in [-0.4, -0.2) is 18.2 Å². The number of hydrogen-bond acceptors (Lipinski definition) is 5. The highest BCUT2D eigenvalue weighted by atomic mass is 16.6. The smallest absolute Gasteiger partial charge is 0.270 e. The van der Waals surface area contributed by atoms with Crippen LogP contribution in [0.15, 0.2) is 41.4 Å². The number of nitro benzene ring substituents is 1. The minimum Gasteiger partial charge on any atom is -0.872 e. The van der Waals surface area contributed by atoms with Crippen molar-refractivity contribution in [2.45, 2.75) is 26.2 Å². The van der Waals surface area contributed by atoms with E-state index in [4.69, 9.17) is 4.74 Å². The molecule has 0 N–H and O–H groups in total. The van der Waals surface area contributed by atoms with E-state index < -0.39 is 4.92 Å². The minimum atomic E-state index is -0.544. The van der Waals surface area contributed by atoms with E-state index in [1.54, 1.807) is 0 Å². The van der Waals surface area contributed by atoms with Crippen molar-refractivity contribution in [1.29, 1.82) is 0 Å². The highest BCUT2D eigenvalue weighted by molar-refractivity contribution is 5.86. The Morgan fingerprint density at radius 2 is 1.88 bits per heavy atom. The van der Waals surface area contributed by atoms with Gasteiger partial charge in [-0.05, 0) is 28.7 Å². The third-order valence-electron chi connectivity index (χ3n) is 3.59. The lowest BCUT2D eigenvalue weighted by molar-refractivity contribution is -0.385. The molecule has 0 aliphatic heterocycles. The Hall–Kier alpha value is -2.89. The van der Waals surface area contributed by atoms with Crippen LogP contribution in [0.3, 0.4) is 0 Å². The maximum Gasteiger partial charge on any atom is 0.270 e. The van der Waals surface area contributed by atoms with Gasteiger partial charge in [0, 0.05) is 18.3 Å². The Labute approximate surface area is 140 Å². The normalized spacial score (nSPS) is 11.7. The second-order valence-electron chi connectivity index (χ2n) is 6.37. The van der Waals surface area contributed by atoms with Crippen LogP contribution in [0, 0.1) is 10.1 Å². The fraction of sp³-hybridized carbons (Fsp3) is 0.278. The molecule has 6 nitrogen and oxygen atoms in total. The van der Waals surface area contributed by atoms with Gasteiger partial charge in [-0.3, -0.25) is 15.1 Å².